The molecule has 3 N–H and O–H groups in total. The van der Waals surface area contributed by atoms with Gasteiger partial charge in [0.25, 0.3) is 0 Å². The highest BCUT2D eigenvalue weighted by Crippen LogP contribution is 2.22. The minimum absolute atomic E-state index is 0.304. The van der Waals surface area contributed by atoms with Gasteiger partial charge in [0.15, 0.2) is 0 Å². The summed E-state index contributed by atoms with van der Waals surface area (Å²) >= 11 is 3.39. The Hall–Kier alpha value is -1.03. The molecular formula is C14H21BrN2O. The molecule has 0 aliphatic carbocycles. The predicted octanol–water partition coefficient (Wildman–Crippen LogP) is 3.69. The molecule has 0 aliphatic heterocycles. The number of carbonyl (C=O) groups excluding carboxylic acids is 1. The van der Waals surface area contributed by atoms with Gasteiger partial charge in [0.05, 0.1) is 0 Å². The molecule has 0 saturated heterocycles. The molecule has 0 radical (unpaired) electrons. The molecule has 1 atom stereocenters. The number of amides is 1. The number of hydrogen-bond donors (Lipinski definition) is 2. The zero-order valence-corrected chi connectivity index (χ0v) is 12.6. The van der Waals surface area contributed by atoms with E-state index in [-0.39, 0.29) is 5.91 Å². The van der Waals surface area contributed by atoms with Crippen molar-refractivity contribution >= 4 is 27.5 Å². The largest absolute Gasteiger partial charge is 0.371 e. The van der Waals surface area contributed by atoms with Gasteiger partial charge in [0, 0.05) is 10.2 Å². The van der Waals surface area contributed by atoms with Crippen molar-refractivity contribution < 1.29 is 4.79 Å². The number of halogens is 1. The fourth-order valence-corrected chi connectivity index (χ4v) is 2.09. The average Bonchev–Trinajstić information content (AvgIpc) is 2.32. The Morgan fingerprint density at radius 1 is 1.33 bits per heavy atom. The van der Waals surface area contributed by atoms with Gasteiger partial charge in [-0.05, 0) is 37.6 Å². The van der Waals surface area contributed by atoms with Crippen molar-refractivity contribution in [2.24, 2.45) is 5.73 Å². The topological polar surface area (TPSA) is 55.1 Å². The van der Waals surface area contributed by atoms with Gasteiger partial charge in [-0.15, -0.1) is 0 Å². The van der Waals surface area contributed by atoms with Crippen molar-refractivity contribution in [1.82, 2.24) is 0 Å². The van der Waals surface area contributed by atoms with Gasteiger partial charge in [-0.3, -0.25) is 4.79 Å². The molecule has 0 aromatic heterocycles. The summed E-state index contributed by atoms with van der Waals surface area (Å²) in [6.45, 7) is 4.01. The first-order valence-electron chi connectivity index (χ1n) is 6.31. The summed E-state index contributed by atoms with van der Waals surface area (Å²) in [5.74, 6) is -0.304. The van der Waals surface area contributed by atoms with E-state index in [9.17, 15) is 4.79 Å². The third kappa shape index (κ3) is 4.33. The first kappa shape index (κ1) is 15.0. The van der Waals surface area contributed by atoms with Crippen LogP contribution in [0.3, 0.4) is 0 Å². The summed E-state index contributed by atoms with van der Waals surface area (Å²) in [7, 11) is 0. The SMILES string of the molecule is CCCCCC(C)(Nc1ccc(Br)cc1)C(N)=O. The maximum absolute atomic E-state index is 11.6. The van der Waals surface area contributed by atoms with Gasteiger partial charge >= 0.3 is 0 Å². The molecule has 1 rings (SSSR count). The third-order valence-electron chi connectivity index (χ3n) is 3.09. The van der Waals surface area contributed by atoms with E-state index in [1.807, 2.05) is 31.2 Å². The third-order valence-corrected chi connectivity index (χ3v) is 3.62. The summed E-state index contributed by atoms with van der Waals surface area (Å²) in [5.41, 5.74) is 5.76. The molecule has 0 bridgehead atoms. The Kier molecular flexibility index (Phi) is 5.66. The van der Waals surface area contributed by atoms with Crippen molar-refractivity contribution in [1.29, 1.82) is 0 Å². The second-order valence-electron chi connectivity index (χ2n) is 4.79. The number of rotatable bonds is 7. The first-order chi connectivity index (χ1) is 8.48. The zero-order valence-electron chi connectivity index (χ0n) is 11.0. The van der Waals surface area contributed by atoms with Gasteiger partial charge in [0.2, 0.25) is 5.91 Å². The summed E-state index contributed by atoms with van der Waals surface area (Å²) in [6, 6.07) is 7.75. The summed E-state index contributed by atoms with van der Waals surface area (Å²) in [4.78, 5) is 11.6. The van der Waals surface area contributed by atoms with Gasteiger partial charge in [-0.1, -0.05) is 42.1 Å². The fraction of sp³-hybridized carbons (Fsp3) is 0.500. The Balaban J connectivity index is 2.72. The predicted molar refractivity (Wildman–Crippen MR) is 79.5 cm³/mol. The van der Waals surface area contributed by atoms with Crippen LogP contribution in [-0.2, 0) is 4.79 Å². The molecule has 0 spiro atoms. The minimum Gasteiger partial charge on any atom is -0.371 e. The second-order valence-corrected chi connectivity index (χ2v) is 5.70. The molecule has 4 heteroatoms. The molecule has 18 heavy (non-hydrogen) atoms. The van der Waals surface area contributed by atoms with Crippen molar-refractivity contribution in [2.45, 2.75) is 45.1 Å². The van der Waals surface area contributed by atoms with Gasteiger partial charge < -0.3 is 11.1 Å². The number of hydrogen-bond acceptors (Lipinski definition) is 2. The Labute approximate surface area is 117 Å². The number of primary amides is 1. The highest BCUT2D eigenvalue weighted by Gasteiger charge is 2.30. The summed E-state index contributed by atoms with van der Waals surface area (Å²) < 4.78 is 1.01. The molecular weight excluding hydrogens is 292 g/mol. The number of nitrogens with one attached hydrogen (secondary N) is 1. The van der Waals surface area contributed by atoms with E-state index in [1.165, 1.54) is 0 Å². The monoisotopic (exact) mass is 312 g/mol. The standard InChI is InChI=1S/C14H21BrN2O/c1-3-4-5-10-14(2,13(16)18)17-12-8-6-11(15)7-9-12/h6-9,17H,3-5,10H2,1-2H3,(H2,16,18). The van der Waals surface area contributed by atoms with Gasteiger partial charge in [-0.25, -0.2) is 0 Å². The van der Waals surface area contributed by atoms with E-state index in [0.29, 0.717) is 0 Å². The van der Waals surface area contributed by atoms with Crippen molar-refractivity contribution in [3.63, 3.8) is 0 Å². The number of carbonyl (C=O) groups is 1. The highest BCUT2D eigenvalue weighted by atomic mass is 79.9. The Bertz CT molecular complexity index is 391. The van der Waals surface area contributed by atoms with Crippen LogP contribution in [-0.4, -0.2) is 11.4 Å². The Morgan fingerprint density at radius 3 is 2.44 bits per heavy atom. The lowest BCUT2D eigenvalue weighted by Gasteiger charge is -2.28. The average molecular weight is 313 g/mol. The second kappa shape index (κ2) is 6.78. The van der Waals surface area contributed by atoms with Crippen LogP contribution < -0.4 is 11.1 Å². The smallest absolute Gasteiger partial charge is 0.242 e. The number of anilines is 1. The van der Waals surface area contributed by atoms with Crippen LogP contribution in [0, 0.1) is 0 Å². The van der Waals surface area contributed by atoms with Crippen LogP contribution in [0.15, 0.2) is 28.7 Å². The molecule has 1 unspecified atom stereocenters. The number of unbranched alkanes of at least 4 members (excludes halogenated alkanes) is 2. The molecule has 1 amide bonds. The number of nitrogens with two attached hydrogens (primary N) is 1. The maximum Gasteiger partial charge on any atom is 0.242 e. The van der Waals surface area contributed by atoms with Gasteiger partial charge in [0.1, 0.15) is 5.54 Å². The van der Waals surface area contributed by atoms with E-state index in [2.05, 4.69) is 28.2 Å². The van der Waals surface area contributed by atoms with E-state index in [1.54, 1.807) is 0 Å². The molecule has 0 aliphatic rings. The molecule has 3 nitrogen and oxygen atoms in total. The normalized spacial score (nSPS) is 13.9. The van der Waals surface area contributed by atoms with E-state index in [4.69, 9.17) is 5.73 Å². The van der Waals surface area contributed by atoms with Crippen LogP contribution in [0.4, 0.5) is 5.69 Å². The van der Waals surface area contributed by atoms with Crippen molar-refractivity contribution in [2.75, 3.05) is 5.32 Å². The highest BCUT2D eigenvalue weighted by molar-refractivity contribution is 9.10. The number of benzene rings is 1. The molecule has 1 aromatic rings. The fourth-order valence-electron chi connectivity index (χ4n) is 1.83. The van der Waals surface area contributed by atoms with Crippen molar-refractivity contribution in [3.05, 3.63) is 28.7 Å². The summed E-state index contributed by atoms with van der Waals surface area (Å²) in [6.07, 6.45) is 4.00. The van der Waals surface area contributed by atoms with Crippen LogP contribution in [0.25, 0.3) is 0 Å². The van der Waals surface area contributed by atoms with Crippen LogP contribution in [0.1, 0.15) is 39.5 Å². The minimum atomic E-state index is -0.678. The quantitative estimate of drug-likeness (QED) is 0.754. The van der Waals surface area contributed by atoms with Crippen molar-refractivity contribution in [3.8, 4) is 0 Å². The zero-order chi connectivity index (χ0) is 13.6. The van der Waals surface area contributed by atoms with Crippen LogP contribution in [0.5, 0.6) is 0 Å². The Morgan fingerprint density at radius 2 is 1.94 bits per heavy atom. The van der Waals surface area contributed by atoms with E-state index in [0.717, 1.165) is 35.8 Å². The lowest BCUT2D eigenvalue weighted by Crippen LogP contribution is -2.47. The van der Waals surface area contributed by atoms with E-state index >= 15 is 0 Å². The maximum atomic E-state index is 11.6. The molecule has 0 fully saturated rings. The first-order valence-corrected chi connectivity index (χ1v) is 7.11. The lowest BCUT2D eigenvalue weighted by molar-refractivity contribution is -0.122. The lowest BCUT2D eigenvalue weighted by atomic mass is 9.93. The molecule has 0 heterocycles. The summed E-state index contributed by atoms with van der Waals surface area (Å²) in [5, 5.41) is 3.25. The van der Waals surface area contributed by atoms with Gasteiger partial charge in [-0.2, -0.15) is 0 Å². The van der Waals surface area contributed by atoms with Crippen LogP contribution in [0.2, 0.25) is 0 Å². The molecule has 100 valence electrons. The van der Waals surface area contributed by atoms with E-state index < -0.39 is 5.54 Å². The van der Waals surface area contributed by atoms with Crippen LogP contribution >= 0.6 is 15.9 Å². The molecule has 0 saturated carbocycles. The molecule has 1 aromatic carbocycles.